The van der Waals surface area contributed by atoms with Crippen molar-refractivity contribution in [1.82, 2.24) is 0 Å². The van der Waals surface area contributed by atoms with Crippen LogP contribution in [-0.2, 0) is 19.4 Å². The number of nitrogens with zero attached hydrogens (tertiary/aromatic N) is 1. The number of hydrogen-bond donors (Lipinski definition) is 1. The minimum atomic E-state index is -4.09. The molecule has 1 N–H and O–H groups in total. The van der Waals surface area contributed by atoms with Gasteiger partial charge in [0.25, 0.3) is 5.04 Å². The van der Waals surface area contributed by atoms with E-state index in [0.717, 1.165) is 3.57 Å². The summed E-state index contributed by atoms with van der Waals surface area (Å²) in [7, 11) is -4.09. The Morgan fingerprint density at radius 3 is 2.38 bits per heavy atom. The van der Waals surface area contributed by atoms with Gasteiger partial charge >= 0.3 is 5.97 Å². The van der Waals surface area contributed by atoms with E-state index >= 15 is 0 Å². The number of esters is 1. The van der Waals surface area contributed by atoms with Crippen LogP contribution >= 0.6 is 22.6 Å². The molecule has 0 radical (unpaired) electrons. The van der Waals surface area contributed by atoms with Gasteiger partial charge in [-0.25, -0.2) is 13.2 Å². The average molecular weight is 458 g/mol. The summed E-state index contributed by atoms with van der Waals surface area (Å²) < 4.78 is 31.0. The van der Waals surface area contributed by atoms with Crippen molar-refractivity contribution >= 4 is 49.1 Å². The molecule has 0 heterocycles. The molecule has 0 aliphatic heterocycles. The normalized spacial score (nSPS) is 11.8. The molecule has 0 aromatic heterocycles. The summed E-state index contributed by atoms with van der Waals surface area (Å²) in [6, 6.07) is 14.8. The molecule has 0 fully saturated rings. The third-order valence-corrected chi connectivity index (χ3v) is 5.51. The SMILES string of the molecule is CCOC(=O)/C(=N/Nc1ccccc1I)S(=O)(=O)c1ccccc1. The molecular weight excluding hydrogens is 443 g/mol. The quantitative estimate of drug-likeness (QED) is 0.250. The first-order chi connectivity index (χ1) is 11.5. The number of para-hydroxylation sites is 1. The molecule has 8 heteroatoms. The molecule has 2 rings (SSSR count). The van der Waals surface area contributed by atoms with Crippen LogP contribution in [0.1, 0.15) is 6.92 Å². The van der Waals surface area contributed by atoms with Gasteiger partial charge in [-0.15, -0.1) is 0 Å². The topological polar surface area (TPSA) is 84.8 Å². The van der Waals surface area contributed by atoms with Crippen LogP contribution in [0.15, 0.2) is 64.6 Å². The lowest BCUT2D eigenvalue weighted by molar-refractivity contribution is -0.134. The standard InChI is InChI=1S/C16H15IN2O4S/c1-2-23-16(20)15(19-18-14-11-7-6-10-13(14)17)24(21,22)12-8-4-3-5-9-12/h3-11,18H,2H2,1H3/b19-15-. The molecule has 0 bridgehead atoms. The van der Waals surface area contributed by atoms with Gasteiger partial charge in [0.2, 0.25) is 9.84 Å². The van der Waals surface area contributed by atoms with Crippen LogP contribution < -0.4 is 5.43 Å². The largest absolute Gasteiger partial charge is 0.461 e. The summed E-state index contributed by atoms with van der Waals surface area (Å²) in [5.74, 6) is -1.00. The maximum Gasteiger partial charge on any atom is 0.371 e. The van der Waals surface area contributed by atoms with Crippen molar-refractivity contribution in [1.29, 1.82) is 0 Å². The van der Waals surface area contributed by atoms with Gasteiger partial charge in [-0.2, -0.15) is 5.10 Å². The number of sulfone groups is 1. The molecule has 24 heavy (non-hydrogen) atoms. The molecule has 2 aromatic carbocycles. The molecule has 0 aliphatic rings. The minimum Gasteiger partial charge on any atom is -0.461 e. The van der Waals surface area contributed by atoms with E-state index in [9.17, 15) is 13.2 Å². The summed E-state index contributed by atoms with van der Waals surface area (Å²) in [4.78, 5) is 12.1. The van der Waals surface area contributed by atoms with E-state index in [1.165, 1.54) is 12.1 Å². The van der Waals surface area contributed by atoms with E-state index < -0.39 is 20.9 Å². The second-order valence-electron chi connectivity index (χ2n) is 4.55. The molecule has 126 valence electrons. The summed E-state index contributed by atoms with van der Waals surface area (Å²) in [5.41, 5.74) is 3.21. The van der Waals surface area contributed by atoms with Gasteiger partial charge in [0.1, 0.15) is 0 Å². The Morgan fingerprint density at radius 2 is 1.75 bits per heavy atom. The zero-order valence-corrected chi connectivity index (χ0v) is 15.7. The second kappa shape index (κ2) is 8.25. The highest BCUT2D eigenvalue weighted by atomic mass is 127. The Kier molecular flexibility index (Phi) is 6.32. The average Bonchev–Trinajstić information content (AvgIpc) is 2.57. The Hall–Kier alpha value is -1.94. The zero-order valence-electron chi connectivity index (χ0n) is 12.8. The van der Waals surface area contributed by atoms with Crippen molar-refractivity contribution in [2.45, 2.75) is 11.8 Å². The molecule has 0 spiro atoms. The van der Waals surface area contributed by atoms with Crippen molar-refractivity contribution in [3.05, 3.63) is 58.2 Å². The van der Waals surface area contributed by atoms with E-state index in [1.54, 1.807) is 37.3 Å². The minimum absolute atomic E-state index is 0.0265. The number of hydrazone groups is 1. The molecule has 0 saturated heterocycles. The second-order valence-corrected chi connectivity index (χ2v) is 7.57. The number of benzene rings is 2. The van der Waals surface area contributed by atoms with Crippen molar-refractivity contribution in [3.63, 3.8) is 0 Å². The Bertz CT molecular complexity index is 851. The molecule has 0 saturated carbocycles. The summed E-state index contributed by atoms with van der Waals surface area (Å²) in [5, 5.41) is 3.14. The van der Waals surface area contributed by atoms with Crippen LogP contribution in [0.4, 0.5) is 5.69 Å². The maximum absolute atomic E-state index is 12.7. The van der Waals surface area contributed by atoms with Crippen molar-refractivity contribution in [3.8, 4) is 0 Å². The van der Waals surface area contributed by atoms with E-state index in [-0.39, 0.29) is 11.5 Å². The maximum atomic E-state index is 12.7. The molecule has 0 unspecified atom stereocenters. The third-order valence-electron chi connectivity index (χ3n) is 2.91. The van der Waals surface area contributed by atoms with Crippen molar-refractivity contribution in [2.24, 2.45) is 5.10 Å². The van der Waals surface area contributed by atoms with Crippen molar-refractivity contribution in [2.75, 3.05) is 12.0 Å². The highest BCUT2D eigenvalue weighted by molar-refractivity contribution is 14.1. The molecule has 0 amide bonds. The fraction of sp³-hybridized carbons (Fsp3) is 0.125. The number of ether oxygens (including phenoxy) is 1. The van der Waals surface area contributed by atoms with E-state index in [0.29, 0.717) is 5.69 Å². The van der Waals surface area contributed by atoms with Gasteiger partial charge in [-0.05, 0) is 53.8 Å². The first-order valence-corrected chi connectivity index (χ1v) is 9.58. The third kappa shape index (κ3) is 4.32. The predicted molar refractivity (Wildman–Crippen MR) is 100 cm³/mol. The van der Waals surface area contributed by atoms with Crippen LogP contribution in [-0.4, -0.2) is 26.0 Å². The first kappa shape index (κ1) is 18.4. The van der Waals surface area contributed by atoms with Gasteiger partial charge in [-0.1, -0.05) is 30.3 Å². The van der Waals surface area contributed by atoms with E-state index in [1.807, 2.05) is 12.1 Å². The number of carbonyl (C=O) groups is 1. The molecule has 0 atom stereocenters. The molecule has 6 nitrogen and oxygen atoms in total. The monoisotopic (exact) mass is 458 g/mol. The van der Waals surface area contributed by atoms with Crippen LogP contribution in [0.25, 0.3) is 0 Å². The Morgan fingerprint density at radius 1 is 1.12 bits per heavy atom. The molecular formula is C16H15IN2O4S. The Balaban J connectivity index is 2.44. The number of hydrogen-bond acceptors (Lipinski definition) is 6. The summed E-state index contributed by atoms with van der Waals surface area (Å²) >= 11 is 2.08. The van der Waals surface area contributed by atoms with Crippen LogP contribution in [0.5, 0.6) is 0 Å². The van der Waals surface area contributed by atoms with Gasteiger partial charge in [0.05, 0.1) is 17.2 Å². The van der Waals surface area contributed by atoms with E-state index in [2.05, 4.69) is 33.1 Å². The highest BCUT2D eigenvalue weighted by Crippen LogP contribution is 2.18. The first-order valence-electron chi connectivity index (χ1n) is 7.02. The highest BCUT2D eigenvalue weighted by Gasteiger charge is 2.30. The molecule has 0 aliphatic carbocycles. The van der Waals surface area contributed by atoms with E-state index in [4.69, 9.17) is 4.74 Å². The van der Waals surface area contributed by atoms with Gasteiger partial charge < -0.3 is 4.74 Å². The number of carbonyl (C=O) groups excluding carboxylic acids is 1. The molecule has 2 aromatic rings. The van der Waals surface area contributed by atoms with Gasteiger partial charge in [0, 0.05) is 3.57 Å². The fourth-order valence-corrected chi connectivity index (χ4v) is 3.47. The lowest BCUT2D eigenvalue weighted by atomic mass is 10.3. The number of nitrogens with one attached hydrogen (secondary N) is 1. The zero-order chi connectivity index (χ0) is 17.6. The van der Waals surface area contributed by atoms with Crippen LogP contribution in [0.2, 0.25) is 0 Å². The van der Waals surface area contributed by atoms with Gasteiger partial charge in [0.15, 0.2) is 0 Å². The van der Waals surface area contributed by atoms with Gasteiger partial charge in [-0.3, -0.25) is 5.43 Å². The lowest BCUT2D eigenvalue weighted by Crippen LogP contribution is -2.28. The smallest absolute Gasteiger partial charge is 0.371 e. The predicted octanol–water partition coefficient (Wildman–Crippen LogP) is 3.05. The van der Waals surface area contributed by atoms with Crippen LogP contribution in [0, 0.1) is 3.57 Å². The van der Waals surface area contributed by atoms with Crippen molar-refractivity contribution < 1.29 is 17.9 Å². The van der Waals surface area contributed by atoms with Crippen LogP contribution in [0.3, 0.4) is 0 Å². The Labute approximate surface area is 154 Å². The fourth-order valence-electron chi connectivity index (χ4n) is 1.78. The number of halogens is 1. The summed E-state index contributed by atoms with van der Waals surface area (Å²) in [6.07, 6.45) is 0. The number of rotatable bonds is 4. The number of anilines is 1. The summed E-state index contributed by atoms with van der Waals surface area (Å²) in [6.45, 7) is 1.64. The lowest BCUT2D eigenvalue weighted by Gasteiger charge is -2.09.